The van der Waals surface area contributed by atoms with Crippen LogP contribution in [0.1, 0.15) is 24.6 Å². The fraction of sp³-hybridized carbons (Fsp3) is 0.231. The van der Waals surface area contributed by atoms with E-state index in [9.17, 15) is 4.79 Å². The van der Waals surface area contributed by atoms with E-state index in [0.29, 0.717) is 11.8 Å². The smallest absolute Gasteiger partial charge is 0.207 e. The van der Waals surface area contributed by atoms with Crippen LogP contribution in [0.3, 0.4) is 0 Å². The van der Waals surface area contributed by atoms with E-state index in [1.165, 1.54) is 0 Å². The molecule has 1 N–H and O–H groups in total. The second-order valence-electron chi connectivity index (χ2n) is 3.86. The molecule has 1 aromatic heterocycles. The zero-order valence-corrected chi connectivity index (χ0v) is 11.0. The van der Waals surface area contributed by atoms with E-state index < -0.39 is 0 Å². The maximum Gasteiger partial charge on any atom is 0.207 e. The molecule has 0 spiro atoms. The Bertz CT molecular complexity index is 667. The molecule has 0 unspecified atom stereocenters. The Morgan fingerprint density at radius 3 is 2.88 bits per heavy atom. The first-order valence-electron chi connectivity index (χ1n) is 5.42. The molecule has 3 nitrogen and oxygen atoms in total. The molecule has 0 radical (unpaired) electrons. The number of benzene rings is 1. The average molecular weight is 291 g/mol. The van der Waals surface area contributed by atoms with Gasteiger partial charge < -0.3 is 4.98 Å². The molecule has 1 aromatic carbocycles. The highest BCUT2D eigenvalue weighted by Crippen LogP contribution is 2.17. The van der Waals surface area contributed by atoms with Gasteiger partial charge in [0.2, 0.25) is 5.43 Å². The molecule has 0 bridgehead atoms. The van der Waals surface area contributed by atoms with Gasteiger partial charge in [-0.25, -0.2) is 0 Å². The van der Waals surface area contributed by atoms with Crippen LogP contribution >= 0.6 is 15.9 Å². The average Bonchev–Trinajstić information content (AvgIpc) is 2.31. The molecule has 0 aliphatic rings. The number of rotatable bonds is 2. The van der Waals surface area contributed by atoms with Gasteiger partial charge in [0.1, 0.15) is 11.6 Å². The fourth-order valence-electron chi connectivity index (χ4n) is 1.87. The summed E-state index contributed by atoms with van der Waals surface area (Å²) >= 11 is 3.33. The number of nitrogens with zero attached hydrogens (tertiary/aromatic N) is 1. The second-order valence-corrected chi connectivity index (χ2v) is 4.78. The van der Waals surface area contributed by atoms with Crippen molar-refractivity contribution in [2.24, 2.45) is 0 Å². The number of halogens is 1. The first-order valence-corrected chi connectivity index (χ1v) is 6.21. The SMILES string of the molecule is CCCc1[nH]c2ccc(Br)cc2c(=O)c1C#N. The van der Waals surface area contributed by atoms with Crippen molar-refractivity contribution in [3.63, 3.8) is 0 Å². The van der Waals surface area contributed by atoms with Gasteiger partial charge in [-0.3, -0.25) is 4.79 Å². The van der Waals surface area contributed by atoms with Crippen molar-refractivity contribution in [1.82, 2.24) is 4.98 Å². The van der Waals surface area contributed by atoms with E-state index in [2.05, 4.69) is 20.9 Å². The molecule has 0 saturated heterocycles. The molecular formula is C13H11BrN2O. The summed E-state index contributed by atoms with van der Waals surface area (Å²) in [6.07, 6.45) is 1.61. The van der Waals surface area contributed by atoms with Gasteiger partial charge in [-0.15, -0.1) is 0 Å². The first-order chi connectivity index (χ1) is 8.17. The number of aromatic amines is 1. The van der Waals surface area contributed by atoms with Gasteiger partial charge in [0.25, 0.3) is 0 Å². The molecule has 0 aliphatic carbocycles. The second kappa shape index (κ2) is 4.72. The van der Waals surface area contributed by atoms with Crippen LogP contribution in [-0.2, 0) is 6.42 Å². The summed E-state index contributed by atoms with van der Waals surface area (Å²) < 4.78 is 0.836. The quantitative estimate of drug-likeness (QED) is 0.924. The minimum Gasteiger partial charge on any atom is -0.357 e. The Labute approximate surface area is 107 Å². The van der Waals surface area contributed by atoms with Gasteiger partial charge in [-0.05, 0) is 24.6 Å². The number of aryl methyl sites for hydroxylation is 1. The molecule has 0 fully saturated rings. The van der Waals surface area contributed by atoms with Crippen molar-refractivity contribution in [3.05, 3.63) is 44.2 Å². The number of nitriles is 1. The highest BCUT2D eigenvalue weighted by Gasteiger charge is 2.11. The van der Waals surface area contributed by atoms with Crippen molar-refractivity contribution in [1.29, 1.82) is 5.26 Å². The molecule has 2 aromatic rings. The van der Waals surface area contributed by atoms with Gasteiger partial charge in [0.15, 0.2) is 0 Å². The molecule has 2 rings (SSSR count). The standard InChI is InChI=1S/C13H11BrN2O/c1-2-3-11-10(7-15)13(17)9-6-8(14)4-5-12(9)16-11/h4-6H,2-3H2,1H3,(H,16,17). The van der Waals surface area contributed by atoms with Crippen LogP contribution < -0.4 is 5.43 Å². The minimum absolute atomic E-state index is 0.189. The van der Waals surface area contributed by atoms with Gasteiger partial charge in [0.05, 0.1) is 0 Å². The number of nitrogens with one attached hydrogen (secondary N) is 1. The van der Waals surface area contributed by atoms with Crippen molar-refractivity contribution < 1.29 is 0 Å². The highest BCUT2D eigenvalue weighted by atomic mass is 79.9. The zero-order valence-electron chi connectivity index (χ0n) is 9.38. The van der Waals surface area contributed by atoms with E-state index in [1.54, 1.807) is 6.07 Å². The van der Waals surface area contributed by atoms with Gasteiger partial charge in [-0.2, -0.15) is 5.26 Å². The maximum absolute atomic E-state index is 12.1. The Kier molecular flexibility index (Phi) is 3.30. The van der Waals surface area contributed by atoms with Crippen molar-refractivity contribution in [2.45, 2.75) is 19.8 Å². The number of aromatic nitrogens is 1. The Morgan fingerprint density at radius 1 is 1.47 bits per heavy atom. The van der Waals surface area contributed by atoms with Crippen LogP contribution in [-0.4, -0.2) is 4.98 Å². The van der Waals surface area contributed by atoms with Gasteiger partial charge in [-0.1, -0.05) is 29.3 Å². The van der Waals surface area contributed by atoms with Gasteiger partial charge in [0, 0.05) is 21.1 Å². The summed E-state index contributed by atoms with van der Waals surface area (Å²) in [5.74, 6) is 0. The molecule has 0 saturated carbocycles. The minimum atomic E-state index is -0.189. The molecule has 4 heteroatoms. The molecule has 0 amide bonds. The first kappa shape index (κ1) is 11.9. The summed E-state index contributed by atoms with van der Waals surface area (Å²) in [6.45, 7) is 2.02. The normalized spacial score (nSPS) is 10.4. The van der Waals surface area contributed by atoms with E-state index >= 15 is 0 Å². The molecule has 0 atom stereocenters. The molecule has 1 heterocycles. The number of hydrogen-bond donors (Lipinski definition) is 1. The summed E-state index contributed by atoms with van der Waals surface area (Å²) in [7, 11) is 0. The molecular weight excluding hydrogens is 280 g/mol. The largest absolute Gasteiger partial charge is 0.357 e. The van der Waals surface area contributed by atoms with Crippen LogP contribution in [0.25, 0.3) is 10.9 Å². The third-order valence-electron chi connectivity index (χ3n) is 2.65. The number of hydrogen-bond acceptors (Lipinski definition) is 2. The van der Waals surface area contributed by atoms with Crippen LogP contribution in [0, 0.1) is 11.3 Å². The van der Waals surface area contributed by atoms with Crippen LogP contribution in [0.4, 0.5) is 0 Å². The Morgan fingerprint density at radius 2 is 2.24 bits per heavy atom. The molecule has 0 aliphatic heterocycles. The van der Waals surface area contributed by atoms with Crippen molar-refractivity contribution >= 4 is 26.8 Å². The lowest BCUT2D eigenvalue weighted by molar-refractivity contribution is 0.883. The summed E-state index contributed by atoms with van der Waals surface area (Å²) in [5.41, 5.74) is 1.55. The highest BCUT2D eigenvalue weighted by molar-refractivity contribution is 9.10. The van der Waals surface area contributed by atoms with E-state index in [-0.39, 0.29) is 11.0 Å². The van der Waals surface area contributed by atoms with Crippen LogP contribution in [0.2, 0.25) is 0 Å². The predicted molar refractivity (Wildman–Crippen MR) is 71.0 cm³/mol. The maximum atomic E-state index is 12.1. The van der Waals surface area contributed by atoms with Gasteiger partial charge >= 0.3 is 0 Å². The number of pyridine rings is 1. The lowest BCUT2D eigenvalue weighted by Gasteiger charge is -2.06. The lowest BCUT2D eigenvalue weighted by atomic mass is 10.1. The zero-order chi connectivity index (χ0) is 12.4. The van der Waals surface area contributed by atoms with E-state index in [1.807, 2.05) is 25.1 Å². The summed E-state index contributed by atoms with van der Waals surface area (Å²) in [4.78, 5) is 15.3. The van der Waals surface area contributed by atoms with Crippen LogP contribution in [0.15, 0.2) is 27.5 Å². The predicted octanol–water partition coefficient (Wildman–Crippen LogP) is 3.11. The van der Waals surface area contributed by atoms with Crippen molar-refractivity contribution in [3.8, 4) is 6.07 Å². The Hall–Kier alpha value is -1.60. The summed E-state index contributed by atoms with van der Waals surface area (Å²) in [5, 5.41) is 9.62. The lowest BCUT2D eigenvalue weighted by Crippen LogP contribution is -2.12. The Balaban J connectivity index is 2.84. The monoisotopic (exact) mass is 290 g/mol. The van der Waals surface area contributed by atoms with E-state index in [0.717, 1.165) is 22.1 Å². The fourth-order valence-corrected chi connectivity index (χ4v) is 2.23. The van der Waals surface area contributed by atoms with Crippen LogP contribution in [0.5, 0.6) is 0 Å². The third kappa shape index (κ3) is 2.11. The third-order valence-corrected chi connectivity index (χ3v) is 3.15. The molecule has 86 valence electrons. The summed E-state index contributed by atoms with van der Waals surface area (Å²) in [6, 6.07) is 7.47. The number of H-pyrrole nitrogens is 1. The van der Waals surface area contributed by atoms with Crippen molar-refractivity contribution in [2.75, 3.05) is 0 Å². The van der Waals surface area contributed by atoms with E-state index in [4.69, 9.17) is 5.26 Å². The molecule has 17 heavy (non-hydrogen) atoms. The number of fused-ring (bicyclic) bond motifs is 1. The topological polar surface area (TPSA) is 56.6 Å².